The highest BCUT2D eigenvalue weighted by molar-refractivity contribution is 5.34. The Balaban J connectivity index is 1.81. The number of benzene rings is 1. The minimum Gasteiger partial charge on any atom is -0.361 e. The van der Waals surface area contributed by atoms with E-state index in [-0.39, 0.29) is 0 Å². The fourth-order valence-corrected chi connectivity index (χ4v) is 3.08. The highest BCUT2D eigenvalue weighted by atomic mass is 16.5. The summed E-state index contributed by atoms with van der Waals surface area (Å²) in [6.07, 6.45) is 2.39. The van der Waals surface area contributed by atoms with E-state index in [2.05, 4.69) is 41.4 Å². The van der Waals surface area contributed by atoms with E-state index in [9.17, 15) is 0 Å². The number of fused-ring (bicyclic) bond motifs is 1. The van der Waals surface area contributed by atoms with E-state index in [1.807, 2.05) is 13.8 Å². The maximum atomic E-state index is 5.25. The molecule has 0 N–H and O–H groups in total. The average molecular weight is 256 g/mol. The van der Waals surface area contributed by atoms with Crippen LogP contribution in [0.4, 0.5) is 0 Å². The molecule has 3 rings (SSSR count). The molecule has 3 heteroatoms. The van der Waals surface area contributed by atoms with Crippen LogP contribution in [-0.4, -0.2) is 17.1 Å². The van der Waals surface area contributed by atoms with Crippen LogP contribution < -0.4 is 0 Å². The maximum Gasteiger partial charge on any atom is 0.138 e. The standard InChI is InChI=1S/C16H20N2O/c1-11-15(12(2)19-17-11)10-18(3)16-9-8-13-6-4-5-7-14(13)16/h4-7,16H,8-10H2,1-3H3. The van der Waals surface area contributed by atoms with Crippen LogP contribution >= 0.6 is 0 Å². The third-order valence-electron chi connectivity index (χ3n) is 4.22. The Labute approximate surface area is 114 Å². The van der Waals surface area contributed by atoms with Crippen molar-refractivity contribution in [3.8, 4) is 0 Å². The summed E-state index contributed by atoms with van der Waals surface area (Å²) in [7, 11) is 2.19. The summed E-state index contributed by atoms with van der Waals surface area (Å²) in [4.78, 5) is 2.42. The van der Waals surface area contributed by atoms with E-state index < -0.39 is 0 Å². The van der Waals surface area contributed by atoms with Crippen LogP contribution in [0.25, 0.3) is 0 Å². The molecule has 0 saturated heterocycles. The summed E-state index contributed by atoms with van der Waals surface area (Å²) >= 11 is 0. The zero-order valence-corrected chi connectivity index (χ0v) is 11.8. The summed E-state index contributed by atoms with van der Waals surface area (Å²) in [6.45, 7) is 4.91. The Morgan fingerprint density at radius 3 is 2.84 bits per heavy atom. The van der Waals surface area contributed by atoms with Gasteiger partial charge in [0.15, 0.2) is 0 Å². The largest absolute Gasteiger partial charge is 0.361 e. The fraction of sp³-hybridized carbons (Fsp3) is 0.438. The van der Waals surface area contributed by atoms with Gasteiger partial charge in [-0.2, -0.15) is 0 Å². The molecule has 0 fully saturated rings. The van der Waals surface area contributed by atoms with Crippen LogP contribution in [0.5, 0.6) is 0 Å². The molecule has 1 aromatic heterocycles. The van der Waals surface area contributed by atoms with Crippen molar-refractivity contribution in [3.63, 3.8) is 0 Å². The van der Waals surface area contributed by atoms with Gasteiger partial charge < -0.3 is 4.52 Å². The normalized spacial score (nSPS) is 18.0. The minimum atomic E-state index is 0.518. The minimum absolute atomic E-state index is 0.518. The van der Waals surface area contributed by atoms with E-state index in [0.717, 1.165) is 18.0 Å². The molecule has 0 radical (unpaired) electrons. The van der Waals surface area contributed by atoms with Crippen molar-refractivity contribution in [2.45, 2.75) is 39.3 Å². The van der Waals surface area contributed by atoms with Gasteiger partial charge in [0.05, 0.1) is 5.69 Å². The molecule has 1 aliphatic rings. The molecule has 0 amide bonds. The lowest BCUT2D eigenvalue weighted by atomic mass is 10.1. The lowest BCUT2D eigenvalue weighted by molar-refractivity contribution is 0.234. The van der Waals surface area contributed by atoms with Crippen LogP contribution in [0.15, 0.2) is 28.8 Å². The molecular weight excluding hydrogens is 236 g/mol. The summed E-state index contributed by atoms with van der Waals surface area (Å²) < 4.78 is 5.25. The molecule has 0 saturated carbocycles. The molecular formula is C16H20N2O. The van der Waals surface area contributed by atoms with Gasteiger partial charge in [0.25, 0.3) is 0 Å². The van der Waals surface area contributed by atoms with Crippen molar-refractivity contribution in [1.29, 1.82) is 0 Å². The molecule has 19 heavy (non-hydrogen) atoms. The summed E-state index contributed by atoms with van der Waals surface area (Å²) in [6, 6.07) is 9.30. The lowest BCUT2D eigenvalue weighted by Gasteiger charge is -2.25. The Morgan fingerprint density at radius 2 is 2.11 bits per heavy atom. The smallest absolute Gasteiger partial charge is 0.138 e. The van der Waals surface area contributed by atoms with Crippen molar-refractivity contribution in [2.24, 2.45) is 0 Å². The molecule has 1 aromatic carbocycles. The van der Waals surface area contributed by atoms with E-state index in [4.69, 9.17) is 4.52 Å². The Bertz CT molecular complexity index is 569. The monoisotopic (exact) mass is 256 g/mol. The highest BCUT2D eigenvalue weighted by Gasteiger charge is 2.26. The number of rotatable bonds is 3. The van der Waals surface area contributed by atoms with Crippen LogP contribution in [0.2, 0.25) is 0 Å². The van der Waals surface area contributed by atoms with Gasteiger partial charge in [0.2, 0.25) is 0 Å². The highest BCUT2D eigenvalue weighted by Crippen LogP contribution is 2.35. The number of hydrogen-bond donors (Lipinski definition) is 0. The van der Waals surface area contributed by atoms with E-state index in [0.29, 0.717) is 6.04 Å². The van der Waals surface area contributed by atoms with Gasteiger partial charge in [0, 0.05) is 18.2 Å². The van der Waals surface area contributed by atoms with Crippen LogP contribution in [0, 0.1) is 13.8 Å². The Morgan fingerprint density at radius 1 is 1.32 bits per heavy atom. The zero-order valence-electron chi connectivity index (χ0n) is 11.8. The first-order valence-corrected chi connectivity index (χ1v) is 6.86. The lowest BCUT2D eigenvalue weighted by Crippen LogP contribution is -2.23. The first-order chi connectivity index (χ1) is 9.16. The Kier molecular flexibility index (Phi) is 3.15. The van der Waals surface area contributed by atoms with E-state index in [1.165, 1.54) is 29.5 Å². The second kappa shape index (κ2) is 4.82. The third-order valence-corrected chi connectivity index (χ3v) is 4.22. The average Bonchev–Trinajstić information content (AvgIpc) is 2.97. The molecule has 1 heterocycles. The van der Waals surface area contributed by atoms with Crippen molar-refractivity contribution < 1.29 is 4.52 Å². The SMILES string of the molecule is Cc1noc(C)c1CN(C)C1CCc2ccccc21. The quantitative estimate of drug-likeness (QED) is 0.842. The zero-order chi connectivity index (χ0) is 13.4. The number of aromatic nitrogens is 1. The van der Waals surface area contributed by atoms with Gasteiger partial charge in [-0.15, -0.1) is 0 Å². The molecule has 0 aliphatic heterocycles. The summed E-state index contributed by atoms with van der Waals surface area (Å²) in [5.41, 5.74) is 5.22. The van der Waals surface area contributed by atoms with E-state index in [1.54, 1.807) is 0 Å². The molecule has 100 valence electrons. The van der Waals surface area contributed by atoms with Crippen molar-refractivity contribution in [3.05, 3.63) is 52.4 Å². The predicted octanol–water partition coefficient (Wildman–Crippen LogP) is 3.41. The van der Waals surface area contributed by atoms with Gasteiger partial charge in [-0.25, -0.2) is 0 Å². The molecule has 2 aromatic rings. The van der Waals surface area contributed by atoms with Crippen LogP contribution in [-0.2, 0) is 13.0 Å². The summed E-state index contributed by atoms with van der Waals surface area (Å²) in [5, 5.41) is 4.04. The van der Waals surface area contributed by atoms with Crippen molar-refractivity contribution in [2.75, 3.05) is 7.05 Å². The first kappa shape index (κ1) is 12.4. The van der Waals surface area contributed by atoms with Crippen molar-refractivity contribution >= 4 is 0 Å². The van der Waals surface area contributed by atoms with Crippen molar-refractivity contribution in [1.82, 2.24) is 10.1 Å². The number of hydrogen-bond acceptors (Lipinski definition) is 3. The molecule has 1 unspecified atom stereocenters. The van der Waals surface area contributed by atoms with Gasteiger partial charge in [-0.05, 0) is 44.9 Å². The first-order valence-electron chi connectivity index (χ1n) is 6.86. The van der Waals surface area contributed by atoms with E-state index >= 15 is 0 Å². The van der Waals surface area contributed by atoms with Gasteiger partial charge in [-0.1, -0.05) is 29.4 Å². The molecule has 0 bridgehead atoms. The molecule has 3 nitrogen and oxygen atoms in total. The van der Waals surface area contributed by atoms with Gasteiger partial charge in [-0.3, -0.25) is 4.90 Å². The maximum absolute atomic E-state index is 5.25. The molecule has 1 aliphatic carbocycles. The topological polar surface area (TPSA) is 29.3 Å². The molecule has 0 spiro atoms. The van der Waals surface area contributed by atoms with Gasteiger partial charge in [0.1, 0.15) is 5.76 Å². The van der Waals surface area contributed by atoms with Crippen LogP contribution in [0.3, 0.4) is 0 Å². The van der Waals surface area contributed by atoms with Crippen LogP contribution in [0.1, 0.15) is 40.6 Å². The predicted molar refractivity (Wildman–Crippen MR) is 74.9 cm³/mol. The fourth-order valence-electron chi connectivity index (χ4n) is 3.08. The second-order valence-electron chi connectivity index (χ2n) is 5.47. The number of nitrogens with zero attached hydrogens (tertiary/aromatic N) is 2. The molecule has 1 atom stereocenters. The summed E-state index contributed by atoms with van der Waals surface area (Å²) in [5.74, 6) is 0.940. The number of aryl methyl sites for hydroxylation is 3. The van der Waals surface area contributed by atoms with Gasteiger partial charge >= 0.3 is 0 Å². The third kappa shape index (κ3) is 2.19. The Hall–Kier alpha value is -1.61. The second-order valence-corrected chi connectivity index (χ2v) is 5.47.